The Morgan fingerprint density at radius 3 is 2.77 bits per heavy atom. The molecule has 0 bridgehead atoms. The number of ether oxygens (including phenoxy) is 1. The minimum absolute atomic E-state index is 0.500. The van der Waals surface area contributed by atoms with Crippen LogP contribution in [0, 0.1) is 5.92 Å². The molecule has 0 fully saturated rings. The summed E-state index contributed by atoms with van der Waals surface area (Å²) in [6, 6.07) is 7.81. The Morgan fingerprint density at radius 1 is 1.23 bits per heavy atom. The van der Waals surface area contributed by atoms with Crippen molar-refractivity contribution in [3.8, 4) is 17.1 Å². The molecule has 1 aromatic carbocycles. The number of rotatable bonds is 8. The van der Waals surface area contributed by atoms with Crippen molar-refractivity contribution in [3.05, 3.63) is 36.0 Å². The third-order valence-corrected chi connectivity index (χ3v) is 4.76. The maximum absolute atomic E-state index is 5.45. The van der Waals surface area contributed by atoms with E-state index >= 15 is 0 Å². The quantitative estimate of drug-likeness (QED) is 0.555. The number of thioether (sulfide) groups is 1. The molecule has 0 saturated carbocycles. The van der Waals surface area contributed by atoms with Gasteiger partial charge < -0.3 is 13.8 Å². The Kier molecular flexibility index (Phi) is 5.92. The lowest BCUT2D eigenvalue weighted by molar-refractivity contribution is 0.382. The van der Waals surface area contributed by atoms with E-state index in [0.29, 0.717) is 17.6 Å². The van der Waals surface area contributed by atoms with E-state index in [-0.39, 0.29) is 0 Å². The lowest BCUT2D eigenvalue weighted by atomic mass is 10.1. The highest BCUT2D eigenvalue weighted by Crippen LogP contribution is 2.31. The van der Waals surface area contributed by atoms with Crippen LogP contribution in [0.3, 0.4) is 0 Å². The fraction of sp³-hybridized carbons (Fsp3) is 0.444. The highest BCUT2D eigenvalue weighted by atomic mass is 32.2. The standard InChI is InChI=1S/C18H23N5O2S/c1-5-23-17(13-8-6-7-9-14(13)24-4)20-21-18(23)26-11-16-19-15(22-25-16)10-12(2)3/h6-9,12H,5,10-11H2,1-4H3. The average Bonchev–Trinajstić information content (AvgIpc) is 3.25. The van der Waals surface area contributed by atoms with Crippen LogP contribution < -0.4 is 4.74 Å². The van der Waals surface area contributed by atoms with Gasteiger partial charge in [0.05, 0.1) is 18.4 Å². The van der Waals surface area contributed by atoms with Gasteiger partial charge in [-0.05, 0) is 25.0 Å². The first kappa shape index (κ1) is 18.4. The van der Waals surface area contributed by atoms with Crippen molar-refractivity contribution >= 4 is 11.8 Å². The number of nitrogens with zero attached hydrogens (tertiary/aromatic N) is 5. The van der Waals surface area contributed by atoms with Gasteiger partial charge in [-0.15, -0.1) is 10.2 Å². The molecule has 0 atom stereocenters. The molecule has 0 spiro atoms. The van der Waals surface area contributed by atoms with Gasteiger partial charge in [0, 0.05) is 13.0 Å². The van der Waals surface area contributed by atoms with Gasteiger partial charge in [0.25, 0.3) is 0 Å². The van der Waals surface area contributed by atoms with Gasteiger partial charge in [0.2, 0.25) is 5.89 Å². The molecule has 0 amide bonds. The van der Waals surface area contributed by atoms with E-state index in [2.05, 4.69) is 45.7 Å². The smallest absolute Gasteiger partial charge is 0.237 e. The molecule has 0 aliphatic carbocycles. The molecule has 0 unspecified atom stereocenters. The summed E-state index contributed by atoms with van der Waals surface area (Å²) >= 11 is 1.54. The fourth-order valence-corrected chi connectivity index (χ4v) is 3.47. The first-order valence-electron chi connectivity index (χ1n) is 8.63. The van der Waals surface area contributed by atoms with Crippen LogP contribution in [-0.2, 0) is 18.7 Å². The van der Waals surface area contributed by atoms with Gasteiger partial charge in [-0.25, -0.2) is 0 Å². The molecule has 2 heterocycles. The number of benzene rings is 1. The van der Waals surface area contributed by atoms with Crippen LogP contribution in [0.2, 0.25) is 0 Å². The van der Waals surface area contributed by atoms with Gasteiger partial charge >= 0.3 is 0 Å². The zero-order valence-corrected chi connectivity index (χ0v) is 16.3. The molecule has 138 valence electrons. The Bertz CT molecular complexity index is 859. The van der Waals surface area contributed by atoms with Crippen LogP contribution in [0.25, 0.3) is 11.4 Å². The molecular formula is C18H23N5O2S. The molecule has 0 radical (unpaired) electrons. The Balaban J connectivity index is 1.77. The zero-order chi connectivity index (χ0) is 18.5. The summed E-state index contributed by atoms with van der Waals surface area (Å²) in [5.41, 5.74) is 0.924. The number of methoxy groups -OCH3 is 1. The number of hydrogen-bond acceptors (Lipinski definition) is 7. The molecule has 8 heteroatoms. The second-order valence-electron chi connectivity index (χ2n) is 6.24. The summed E-state index contributed by atoms with van der Waals surface area (Å²) in [5, 5.41) is 13.6. The summed E-state index contributed by atoms with van der Waals surface area (Å²) in [6.45, 7) is 7.09. The SMILES string of the molecule is CCn1c(SCc2nc(CC(C)C)no2)nnc1-c1ccccc1OC. The fourth-order valence-electron chi connectivity index (χ4n) is 2.63. The third-order valence-electron chi connectivity index (χ3n) is 3.81. The third kappa shape index (κ3) is 4.07. The predicted molar refractivity (Wildman–Crippen MR) is 100 cm³/mol. The molecule has 2 aromatic heterocycles. The van der Waals surface area contributed by atoms with E-state index in [1.165, 1.54) is 11.8 Å². The van der Waals surface area contributed by atoms with Gasteiger partial charge in [-0.1, -0.05) is 42.9 Å². The maximum Gasteiger partial charge on any atom is 0.237 e. The molecule has 0 aliphatic rings. The van der Waals surface area contributed by atoms with Crippen LogP contribution in [0.5, 0.6) is 5.75 Å². The summed E-state index contributed by atoms with van der Waals surface area (Å²) in [4.78, 5) is 4.44. The van der Waals surface area contributed by atoms with Gasteiger partial charge in [0.1, 0.15) is 5.75 Å². The van der Waals surface area contributed by atoms with Crippen molar-refractivity contribution < 1.29 is 9.26 Å². The molecule has 3 aromatic rings. The highest BCUT2D eigenvalue weighted by Gasteiger charge is 2.17. The molecule has 7 nitrogen and oxygen atoms in total. The zero-order valence-electron chi connectivity index (χ0n) is 15.5. The van der Waals surface area contributed by atoms with Crippen LogP contribution >= 0.6 is 11.8 Å². The van der Waals surface area contributed by atoms with Crippen molar-refractivity contribution in [2.75, 3.05) is 7.11 Å². The maximum atomic E-state index is 5.45. The minimum atomic E-state index is 0.500. The Morgan fingerprint density at radius 2 is 2.04 bits per heavy atom. The van der Waals surface area contributed by atoms with Crippen molar-refractivity contribution in [3.63, 3.8) is 0 Å². The number of hydrogen-bond donors (Lipinski definition) is 0. The van der Waals surface area contributed by atoms with E-state index in [1.54, 1.807) is 7.11 Å². The lowest BCUT2D eigenvalue weighted by Crippen LogP contribution is -2.01. The summed E-state index contributed by atoms with van der Waals surface area (Å²) < 4.78 is 12.8. The largest absolute Gasteiger partial charge is 0.496 e. The first-order chi connectivity index (χ1) is 12.6. The van der Waals surface area contributed by atoms with Crippen LogP contribution in [0.1, 0.15) is 32.5 Å². The van der Waals surface area contributed by atoms with Crippen LogP contribution in [-0.4, -0.2) is 32.0 Å². The van der Waals surface area contributed by atoms with Gasteiger partial charge in [0.15, 0.2) is 16.8 Å². The van der Waals surface area contributed by atoms with Gasteiger partial charge in [-0.2, -0.15) is 4.98 Å². The molecule has 0 N–H and O–H groups in total. The van der Waals surface area contributed by atoms with Crippen molar-refractivity contribution in [2.45, 2.75) is 44.6 Å². The van der Waals surface area contributed by atoms with E-state index in [0.717, 1.165) is 41.1 Å². The molecule has 3 rings (SSSR count). The molecule has 26 heavy (non-hydrogen) atoms. The van der Waals surface area contributed by atoms with E-state index in [9.17, 15) is 0 Å². The molecular weight excluding hydrogens is 350 g/mol. The monoisotopic (exact) mass is 373 g/mol. The van der Waals surface area contributed by atoms with E-state index in [1.807, 2.05) is 24.3 Å². The normalized spacial score (nSPS) is 11.3. The summed E-state index contributed by atoms with van der Waals surface area (Å²) in [7, 11) is 1.66. The van der Waals surface area contributed by atoms with E-state index in [4.69, 9.17) is 9.26 Å². The Hall–Kier alpha value is -2.35. The second-order valence-corrected chi connectivity index (χ2v) is 7.18. The number of para-hydroxylation sites is 1. The van der Waals surface area contributed by atoms with Gasteiger partial charge in [-0.3, -0.25) is 0 Å². The second kappa shape index (κ2) is 8.35. The highest BCUT2D eigenvalue weighted by molar-refractivity contribution is 7.98. The van der Waals surface area contributed by atoms with Crippen LogP contribution in [0.15, 0.2) is 33.9 Å². The number of aromatic nitrogens is 5. The lowest BCUT2D eigenvalue weighted by Gasteiger charge is -2.09. The van der Waals surface area contributed by atoms with Crippen molar-refractivity contribution in [1.82, 2.24) is 24.9 Å². The predicted octanol–water partition coefficient (Wildman–Crippen LogP) is 3.85. The van der Waals surface area contributed by atoms with Crippen LogP contribution in [0.4, 0.5) is 0 Å². The average molecular weight is 373 g/mol. The van der Waals surface area contributed by atoms with Crippen molar-refractivity contribution in [2.24, 2.45) is 5.92 Å². The Labute approximate surface area is 157 Å². The van der Waals surface area contributed by atoms with E-state index < -0.39 is 0 Å². The first-order valence-corrected chi connectivity index (χ1v) is 9.61. The minimum Gasteiger partial charge on any atom is -0.496 e. The summed E-state index contributed by atoms with van der Waals surface area (Å²) in [6.07, 6.45) is 0.817. The summed E-state index contributed by atoms with van der Waals surface area (Å²) in [5.74, 6) is 3.99. The topological polar surface area (TPSA) is 78.9 Å². The molecule has 0 saturated heterocycles. The molecule has 0 aliphatic heterocycles. The van der Waals surface area contributed by atoms with Crippen molar-refractivity contribution in [1.29, 1.82) is 0 Å².